The van der Waals surface area contributed by atoms with Gasteiger partial charge in [0.15, 0.2) is 0 Å². The molecule has 0 aromatic heterocycles. The minimum Gasteiger partial charge on any atom is -0.378 e. The van der Waals surface area contributed by atoms with Crippen LogP contribution in [0.3, 0.4) is 0 Å². The highest BCUT2D eigenvalue weighted by atomic mass is 32.1. The fraction of sp³-hybridized carbons (Fsp3) is 0.533. The summed E-state index contributed by atoms with van der Waals surface area (Å²) in [6, 6.07) is 8.43. The Kier molecular flexibility index (Phi) is 4.50. The van der Waals surface area contributed by atoms with Gasteiger partial charge in [-0.2, -0.15) is 0 Å². The highest BCUT2D eigenvalue weighted by Crippen LogP contribution is 2.24. The average Bonchev–Trinajstić information content (AvgIpc) is 2.56. The Labute approximate surface area is 125 Å². The van der Waals surface area contributed by atoms with E-state index in [1.54, 1.807) is 0 Å². The minimum atomic E-state index is 0.764. The summed E-state index contributed by atoms with van der Waals surface area (Å²) in [5, 5.41) is 0. The summed E-state index contributed by atoms with van der Waals surface area (Å²) in [6.07, 6.45) is 0. The Morgan fingerprint density at radius 2 is 1.50 bits per heavy atom. The molecule has 4 nitrogen and oxygen atoms in total. The van der Waals surface area contributed by atoms with Crippen molar-refractivity contribution in [3.63, 3.8) is 0 Å². The molecule has 5 heteroatoms. The van der Waals surface area contributed by atoms with Crippen LogP contribution in [0.15, 0.2) is 24.3 Å². The molecule has 0 N–H and O–H groups in total. The fourth-order valence-corrected chi connectivity index (χ4v) is 3.03. The third-order valence-corrected chi connectivity index (χ3v) is 4.26. The van der Waals surface area contributed by atoms with Gasteiger partial charge in [0.05, 0.1) is 26.4 Å². The van der Waals surface area contributed by atoms with Crippen molar-refractivity contribution in [3.05, 3.63) is 29.8 Å². The second kappa shape index (κ2) is 6.52. The molecule has 0 aliphatic carbocycles. The molecule has 2 aliphatic rings. The standard InChI is InChI=1S/C15H20N2O2S/c20-15(17-7-11-19-12-8-17)13-3-1-2-4-14(13)16-5-9-18-10-6-16/h1-4H,5-12H2. The van der Waals surface area contributed by atoms with Gasteiger partial charge in [-0.1, -0.05) is 24.4 Å². The first-order chi connectivity index (χ1) is 9.86. The van der Waals surface area contributed by atoms with Gasteiger partial charge in [-0.15, -0.1) is 0 Å². The Balaban J connectivity index is 1.82. The molecule has 0 amide bonds. The van der Waals surface area contributed by atoms with Gasteiger partial charge in [0.25, 0.3) is 0 Å². The lowest BCUT2D eigenvalue weighted by Crippen LogP contribution is -2.42. The van der Waals surface area contributed by atoms with Crippen LogP contribution in [0.1, 0.15) is 5.56 Å². The second-order valence-electron chi connectivity index (χ2n) is 5.02. The van der Waals surface area contributed by atoms with Gasteiger partial charge in [0.1, 0.15) is 4.99 Å². The largest absolute Gasteiger partial charge is 0.378 e. The van der Waals surface area contributed by atoms with Crippen LogP contribution < -0.4 is 4.90 Å². The van der Waals surface area contributed by atoms with Crippen LogP contribution in [0, 0.1) is 0 Å². The molecule has 20 heavy (non-hydrogen) atoms. The summed E-state index contributed by atoms with van der Waals surface area (Å²) >= 11 is 5.71. The lowest BCUT2D eigenvalue weighted by Gasteiger charge is -2.34. The van der Waals surface area contributed by atoms with Gasteiger partial charge in [0.2, 0.25) is 0 Å². The lowest BCUT2D eigenvalue weighted by molar-refractivity contribution is 0.0693. The van der Waals surface area contributed by atoms with Gasteiger partial charge in [-0.25, -0.2) is 0 Å². The number of para-hydroxylation sites is 1. The quantitative estimate of drug-likeness (QED) is 0.770. The lowest BCUT2D eigenvalue weighted by atomic mass is 10.1. The van der Waals surface area contributed by atoms with E-state index < -0.39 is 0 Å². The molecule has 0 saturated carbocycles. The van der Waals surface area contributed by atoms with E-state index >= 15 is 0 Å². The number of morpholine rings is 2. The zero-order valence-corrected chi connectivity index (χ0v) is 12.4. The van der Waals surface area contributed by atoms with Gasteiger partial charge in [-0.3, -0.25) is 0 Å². The highest BCUT2D eigenvalue weighted by Gasteiger charge is 2.20. The minimum absolute atomic E-state index is 0.764. The molecule has 2 fully saturated rings. The Morgan fingerprint density at radius 3 is 2.20 bits per heavy atom. The second-order valence-corrected chi connectivity index (χ2v) is 5.41. The molecule has 1 aromatic rings. The predicted molar refractivity (Wildman–Crippen MR) is 83.6 cm³/mol. The molecule has 2 saturated heterocycles. The maximum Gasteiger partial charge on any atom is 0.111 e. The number of thiocarbonyl (C=S) groups is 1. The summed E-state index contributed by atoms with van der Waals surface area (Å²) in [7, 11) is 0. The van der Waals surface area contributed by atoms with Crippen molar-refractivity contribution in [2.75, 3.05) is 57.5 Å². The molecule has 1 aromatic carbocycles. The van der Waals surface area contributed by atoms with E-state index in [-0.39, 0.29) is 0 Å². The zero-order chi connectivity index (χ0) is 13.8. The highest BCUT2D eigenvalue weighted by molar-refractivity contribution is 7.80. The van der Waals surface area contributed by atoms with E-state index in [0.29, 0.717) is 0 Å². The smallest absolute Gasteiger partial charge is 0.111 e. The SMILES string of the molecule is S=C(c1ccccc1N1CCOCC1)N1CCOCC1. The van der Waals surface area contributed by atoms with Crippen LogP contribution in [0.25, 0.3) is 0 Å². The molecule has 0 spiro atoms. The molecule has 3 rings (SSSR count). The first kappa shape index (κ1) is 13.8. The summed E-state index contributed by atoms with van der Waals surface area (Å²) in [6.45, 7) is 6.75. The molecule has 2 heterocycles. The van der Waals surface area contributed by atoms with Gasteiger partial charge >= 0.3 is 0 Å². The Bertz CT molecular complexity index is 469. The van der Waals surface area contributed by atoms with Gasteiger partial charge < -0.3 is 19.3 Å². The Hall–Kier alpha value is -1.17. The van der Waals surface area contributed by atoms with E-state index in [4.69, 9.17) is 21.7 Å². The van der Waals surface area contributed by atoms with Crippen LogP contribution in [-0.4, -0.2) is 62.5 Å². The third-order valence-electron chi connectivity index (χ3n) is 3.78. The van der Waals surface area contributed by atoms with E-state index in [1.165, 1.54) is 5.69 Å². The molecular formula is C15H20N2O2S. The maximum atomic E-state index is 5.71. The van der Waals surface area contributed by atoms with Crippen LogP contribution in [0.2, 0.25) is 0 Å². The summed E-state index contributed by atoms with van der Waals surface area (Å²) in [5.74, 6) is 0. The number of ether oxygens (including phenoxy) is 2. The molecule has 2 aliphatic heterocycles. The fourth-order valence-electron chi connectivity index (χ4n) is 2.67. The first-order valence-electron chi connectivity index (χ1n) is 7.15. The van der Waals surface area contributed by atoms with Crippen LogP contribution in [-0.2, 0) is 9.47 Å². The summed E-state index contributed by atoms with van der Waals surface area (Å²) in [5.41, 5.74) is 2.39. The van der Waals surface area contributed by atoms with Crippen LogP contribution in [0.4, 0.5) is 5.69 Å². The van der Waals surface area contributed by atoms with Crippen molar-refractivity contribution < 1.29 is 9.47 Å². The van der Waals surface area contributed by atoms with Crippen molar-refractivity contribution in [1.82, 2.24) is 4.90 Å². The molecular weight excluding hydrogens is 272 g/mol. The van der Waals surface area contributed by atoms with Gasteiger partial charge in [-0.05, 0) is 12.1 Å². The van der Waals surface area contributed by atoms with Crippen molar-refractivity contribution >= 4 is 22.9 Å². The van der Waals surface area contributed by atoms with Gasteiger partial charge in [0, 0.05) is 37.4 Å². The first-order valence-corrected chi connectivity index (χ1v) is 7.56. The van der Waals surface area contributed by atoms with E-state index in [9.17, 15) is 0 Å². The number of anilines is 1. The van der Waals surface area contributed by atoms with Crippen LogP contribution >= 0.6 is 12.2 Å². The Morgan fingerprint density at radius 1 is 0.900 bits per heavy atom. The summed E-state index contributed by atoms with van der Waals surface area (Å²) in [4.78, 5) is 5.55. The molecule has 0 bridgehead atoms. The van der Waals surface area contributed by atoms with Crippen molar-refractivity contribution in [2.24, 2.45) is 0 Å². The van der Waals surface area contributed by atoms with E-state index in [0.717, 1.165) is 63.2 Å². The normalized spacial score (nSPS) is 20.0. The number of rotatable bonds is 2. The zero-order valence-electron chi connectivity index (χ0n) is 11.6. The van der Waals surface area contributed by atoms with Crippen molar-refractivity contribution in [2.45, 2.75) is 0 Å². The topological polar surface area (TPSA) is 24.9 Å². The number of hydrogen-bond donors (Lipinski definition) is 0. The van der Waals surface area contributed by atoms with Crippen molar-refractivity contribution in [1.29, 1.82) is 0 Å². The third kappa shape index (κ3) is 2.95. The van der Waals surface area contributed by atoms with E-state index in [1.807, 2.05) is 0 Å². The summed E-state index contributed by atoms with van der Waals surface area (Å²) < 4.78 is 10.8. The molecule has 0 atom stereocenters. The van der Waals surface area contributed by atoms with Crippen LogP contribution in [0.5, 0.6) is 0 Å². The monoisotopic (exact) mass is 292 g/mol. The van der Waals surface area contributed by atoms with E-state index in [2.05, 4.69) is 34.1 Å². The maximum absolute atomic E-state index is 5.71. The molecule has 0 radical (unpaired) electrons. The predicted octanol–water partition coefficient (Wildman–Crippen LogP) is 1.53. The number of benzene rings is 1. The molecule has 108 valence electrons. The molecule has 0 unspecified atom stereocenters. The average molecular weight is 292 g/mol. The number of hydrogen-bond acceptors (Lipinski definition) is 4. The van der Waals surface area contributed by atoms with Crippen molar-refractivity contribution in [3.8, 4) is 0 Å². The number of nitrogens with zero attached hydrogens (tertiary/aromatic N) is 2.